The highest BCUT2D eigenvalue weighted by Gasteiger charge is 2.16. The van der Waals surface area contributed by atoms with Crippen LogP contribution in [0.15, 0.2) is 67.1 Å². The fourth-order valence-corrected chi connectivity index (χ4v) is 3.24. The maximum atomic E-state index is 6.15. The quantitative estimate of drug-likeness (QED) is 0.528. The van der Waals surface area contributed by atoms with Crippen molar-refractivity contribution in [2.45, 2.75) is 27.0 Å². The fraction of sp³-hybridized carbons (Fsp3) is 0.182. The lowest BCUT2D eigenvalue weighted by molar-refractivity contribution is 0.308. The Labute approximate surface area is 153 Å². The molecule has 0 aliphatic carbocycles. The Balaban J connectivity index is 1.75. The Morgan fingerprint density at radius 2 is 1.73 bits per heavy atom. The largest absolute Gasteiger partial charge is 0.487 e. The van der Waals surface area contributed by atoms with E-state index in [0.29, 0.717) is 6.61 Å². The predicted molar refractivity (Wildman–Crippen MR) is 103 cm³/mol. The van der Waals surface area contributed by atoms with Crippen molar-refractivity contribution in [3.8, 4) is 5.75 Å². The summed E-state index contributed by atoms with van der Waals surface area (Å²) in [6.07, 6.45) is 5.42. The molecule has 4 nitrogen and oxygen atoms in total. The van der Waals surface area contributed by atoms with E-state index >= 15 is 0 Å². The van der Waals surface area contributed by atoms with Gasteiger partial charge < -0.3 is 9.30 Å². The number of nitrogens with zero attached hydrogens (tertiary/aromatic N) is 3. The lowest BCUT2D eigenvalue weighted by Gasteiger charge is -2.12. The van der Waals surface area contributed by atoms with Crippen molar-refractivity contribution in [2.24, 2.45) is 0 Å². The Bertz CT molecular complexity index is 1020. The van der Waals surface area contributed by atoms with E-state index in [1.165, 1.54) is 16.8 Å². The van der Waals surface area contributed by atoms with Crippen LogP contribution < -0.4 is 4.74 Å². The van der Waals surface area contributed by atoms with E-state index in [0.717, 1.165) is 28.9 Å². The van der Waals surface area contributed by atoms with Gasteiger partial charge in [0.25, 0.3) is 0 Å². The molecule has 0 aliphatic rings. The van der Waals surface area contributed by atoms with E-state index in [1.807, 2.05) is 36.7 Å². The molecular formula is C22H21N3O. The molecule has 0 unspecified atom stereocenters. The van der Waals surface area contributed by atoms with Crippen LogP contribution in [0.25, 0.3) is 11.0 Å². The molecule has 0 fully saturated rings. The van der Waals surface area contributed by atoms with E-state index in [1.54, 1.807) is 6.20 Å². The van der Waals surface area contributed by atoms with Crippen LogP contribution in [-0.2, 0) is 13.2 Å². The van der Waals surface area contributed by atoms with Crippen molar-refractivity contribution < 1.29 is 4.74 Å². The smallest absolute Gasteiger partial charge is 0.147 e. The molecule has 0 spiro atoms. The molecule has 4 aromatic rings. The van der Waals surface area contributed by atoms with Crippen molar-refractivity contribution in [3.05, 3.63) is 89.5 Å². The minimum absolute atomic E-state index is 0.488. The number of hydrogen-bond acceptors (Lipinski definition) is 3. The highest BCUT2D eigenvalue weighted by Crippen LogP contribution is 2.32. The Morgan fingerprint density at radius 3 is 2.50 bits per heavy atom. The van der Waals surface area contributed by atoms with Gasteiger partial charge in [0.15, 0.2) is 0 Å². The van der Waals surface area contributed by atoms with Gasteiger partial charge >= 0.3 is 0 Å². The van der Waals surface area contributed by atoms with Crippen molar-refractivity contribution in [1.82, 2.24) is 14.5 Å². The van der Waals surface area contributed by atoms with E-state index in [-0.39, 0.29) is 0 Å². The van der Waals surface area contributed by atoms with Crippen LogP contribution in [0.1, 0.15) is 22.4 Å². The Morgan fingerprint density at radius 1 is 0.923 bits per heavy atom. The first-order chi connectivity index (χ1) is 12.7. The number of benzene rings is 1. The van der Waals surface area contributed by atoms with E-state index < -0.39 is 0 Å². The zero-order valence-corrected chi connectivity index (χ0v) is 15.0. The first-order valence-corrected chi connectivity index (χ1v) is 8.74. The second-order valence-corrected chi connectivity index (χ2v) is 6.44. The van der Waals surface area contributed by atoms with Gasteiger partial charge in [0, 0.05) is 42.5 Å². The third-order valence-corrected chi connectivity index (χ3v) is 4.76. The summed E-state index contributed by atoms with van der Waals surface area (Å²) < 4.78 is 8.45. The molecule has 0 N–H and O–H groups in total. The molecule has 0 atom stereocenters. The average Bonchev–Trinajstić information content (AvgIpc) is 2.93. The fourth-order valence-electron chi connectivity index (χ4n) is 3.24. The van der Waals surface area contributed by atoms with Gasteiger partial charge in [-0.2, -0.15) is 0 Å². The first-order valence-electron chi connectivity index (χ1n) is 8.74. The summed E-state index contributed by atoms with van der Waals surface area (Å²) in [5, 5.41) is 0. The minimum Gasteiger partial charge on any atom is -0.487 e. The van der Waals surface area contributed by atoms with Crippen molar-refractivity contribution in [2.75, 3.05) is 0 Å². The lowest BCUT2D eigenvalue weighted by atomic mass is 10.2. The van der Waals surface area contributed by atoms with Crippen LogP contribution >= 0.6 is 0 Å². The molecule has 3 heterocycles. The summed E-state index contributed by atoms with van der Waals surface area (Å²) in [4.78, 5) is 8.76. The molecule has 0 saturated heterocycles. The van der Waals surface area contributed by atoms with Crippen LogP contribution in [0, 0.1) is 13.8 Å². The van der Waals surface area contributed by atoms with Gasteiger partial charge in [0.1, 0.15) is 17.9 Å². The topological polar surface area (TPSA) is 39.9 Å². The van der Waals surface area contributed by atoms with Crippen molar-refractivity contribution in [3.63, 3.8) is 0 Å². The lowest BCUT2D eigenvalue weighted by Crippen LogP contribution is -2.04. The van der Waals surface area contributed by atoms with Crippen LogP contribution in [-0.4, -0.2) is 14.5 Å². The third-order valence-electron chi connectivity index (χ3n) is 4.76. The Kier molecular flexibility index (Phi) is 4.40. The molecule has 130 valence electrons. The molecule has 0 amide bonds. The maximum Gasteiger partial charge on any atom is 0.147 e. The molecule has 4 rings (SSSR count). The first kappa shape index (κ1) is 16.3. The molecule has 4 heteroatoms. The van der Waals surface area contributed by atoms with E-state index in [2.05, 4.69) is 52.6 Å². The number of aryl methyl sites for hydroxylation is 1. The number of hydrogen-bond donors (Lipinski definition) is 0. The summed E-state index contributed by atoms with van der Waals surface area (Å²) in [6.45, 7) is 5.55. The number of rotatable bonds is 5. The standard InChI is InChI=1S/C22H21N3O/c1-16-17(2)25(14-18-7-4-3-5-8-18)22-20(10-12-24-21(16)22)26-15-19-9-6-11-23-13-19/h3-13H,14-15H2,1-2H3. The number of ether oxygens (including phenoxy) is 1. The molecular weight excluding hydrogens is 322 g/mol. The summed E-state index contributed by atoms with van der Waals surface area (Å²) in [6, 6.07) is 16.4. The molecule has 26 heavy (non-hydrogen) atoms. The average molecular weight is 343 g/mol. The second-order valence-electron chi connectivity index (χ2n) is 6.44. The number of aromatic nitrogens is 3. The van der Waals surface area contributed by atoms with Crippen molar-refractivity contribution >= 4 is 11.0 Å². The van der Waals surface area contributed by atoms with E-state index in [9.17, 15) is 0 Å². The molecule has 1 aromatic carbocycles. The summed E-state index contributed by atoms with van der Waals surface area (Å²) in [5.41, 5.74) is 6.77. The van der Waals surface area contributed by atoms with Crippen LogP contribution in [0.4, 0.5) is 0 Å². The number of fused-ring (bicyclic) bond motifs is 1. The highest BCUT2D eigenvalue weighted by atomic mass is 16.5. The maximum absolute atomic E-state index is 6.15. The van der Waals surface area contributed by atoms with Crippen LogP contribution in [0.2, 0.25) is 0 Å². The normalized spacial score (nSPS) is 11.0. The third kappa shape index (κ3) is 3.06. The van der Waals surface area contributed by atoms with Crippen molar-refractivity contribution in [1.29, 1.82) is 0 Å². The summed E-state index contributed by atoms with van der Waals surface area (Å²) in [5.74, 6) is 0.853. The zero-order chi connectivity index (χ0) is 17.9. The van der Waals surface area contributed by atoms with Gasteiger partial charge in [0.2, 0.25) is 0 Å². The zero-order valence-electron chi connectivity index (χ0n) is 15.0. The van der Waals surface area contributed by atoms with Crippen LogP contribution in [0.3, 0.4) is 0 Å². The van der Waals surface area contributed by atoms with E-state index in [4.69, 9.17) is 4.74 Å². The van der Waals surface area contributed by atoms with Crippen LogP contribution in [0.5, 0.6) is 5.75 Å². The molecule has 0 bridgehead atoms. The molecule has 0 aliphatic heterocycles. The Hall–Kier alpha value is -3.14. The summed E-state index contributed by atoms with van der Waals surface area (Å²) in [7, 11) is 0. The monoisotopic (exact) mass is 343 g/mol. The number of pyridine rings is 2. The highest BCUT2D eigenvalue weighted by molar-refractivity contribution is 5.86. The molecule has 3 aromatic heterocycles. The molecule has 0 saturated carbocycles. The van der Waals surface area contributed by atoms with Gasteiger partial charge in [0.05, 0.1) is 5.52 Å². The SMILES string of the molecule is Cc1c(C)n(Cc2ccccc2)c2c(OCc3cccnc3)ccnc12. The predicted octanol–water partition coefficient (Wildman–Crippen LogP) is 4.68. The summed E-state index contributed by atoms with van der Waals surface area (Å²) >= 11 is 0. The second kappa shape index (κ2) is 7.00. The minimum atomic E-state index is 0.488. The van der Waals surface area contributed by atoms with Gasteiger partial charge in [-0.3, -0.25) is 9.97 Å². The van der Waals surface area contributed by atoms with Gasteiger partial charge in [-0.1, -0.05) is 36.4 Å². The van der Waals surface area contributed by atoms with Gasteiger partial charge in [-0.15, -0.1) is 0 Å². The van der Waals surface area contributed by atoms with Gasteiger partial charge in [-0.05, 0) is 31.0 Å². The molecule has 0 radical (unpaired) electrons. The van der Waals surface area contributed by atoms with Gasteiger partial charge in [-0.25, -0.2) is 0 Å².